The Labute approximate surface area is 140 Å². The molecule has 1 heterocycles. The van der Waals surface area contributed by atoms with E-state index in [1.165, 1.54) is 14.0 Å². The monoisotopic (exact) mass is 364 g/mol. The molecule has 0 aliphatic carbocycles. The third-order valence-electron chi connectivity index (χ3n) is 2.89. The maximum atomic E-state index is 12.4. The number of rotatable bonds is 5. The molecule has 124 valence electrons. The quantitative estimate of drug-likeness (QED) is 0.750. The summed E-state index contributed by atoms with van der Waals surface area (Å²) in [6, 6.07) is 4.82. The normalized spacial score (nSPS) is 10.9. The highest BCUT2D eigenvalue weighted by molar-refractivity contribution is 6.34. The van der Waals surface area contributed by atoms with Crippen molar-refractivity contribution >= 4 is 29.2 Å². The molecule has 0 N–H and O–H groups in total. The third-order valence-corrected chi connectivity index (χ3v) is 3.60. The van der Waals surface area contributed by atoms with E-state index in [2.05, 4.69) is 9.84 Å². The number of alkyl halides is 2. The van der Waals surface area contributed by atoms with Crippen molar-refractivity contribution in [3.8, 4) is 17.1 Å². The Bertz CT molecular complexity index is 735. The van der Waals surface area contributed by atoms with E-state index in [-0.39, 0.29) is 23.2 Å². The summed E-state index contributed by atoms with van der Waals surface area (Å²) in [7, 11) is 1.43. The van der Waals surface area contributed by atoms with Crippen LogP contribution in [0.15, 0.2) is 18.2 Å². The average Bonchev–Trinajstić information content (AvgIpc) is 2.74. The number of carbonyl (C=O) groups is 1. The number of halogens is 4. The van der Waals surface area contributed by atoms with Crippen molar-refractivity contribution in [1.29, 1.82) is 0 Å². The van der Waals surface area contributed by atoms with Crippen LogP contribution in [-0.4, -0.2) is 22.4 Å². The highest BCUT2D eigenvalue weighted by Crippen LogP contribution is 2.36. The SMILES string of the molecule is CC(=O)OCc1cc(-c2nn(C)c(OC(F)F)c2Cl)ccc1Cl. The van der Waals surface area contributed by atoms with Gasteiger partial charge in [0.05, 0.1) is 0 Å². The van der Waals surface area contributed by atoms with Crippen molar-refractivity contribution in [3.63, 3.8) is 0 Å². The Morgan fingerprint density at radius 3 is 2.70 bits per heavy atom. The van der Waals surface area contributed by atoms with Gasteiger partial charge in [0.25, 0.3) is 0 Å². The molecule has 0 aliphatic rings. The Morgan fingerprint density at radius 2 is 2.09 bits per heavy atom. The summed E-state index contributed by atoms with van der Waals surface area (Å²) < 4.78 is 35.2. The second-order valence-corrected chi connectivity index (χ2v) is 5.34. The lowest BCUT2D eigenvalue weighted by molar-refractivity contribution is -0.142. The van der Waals surface area contributed by atoms with Gasteiger partial charge in [-0.1, -0.05) is 29.3 Å². The van der Waals surface area contributed by atoms with Crippen molar-refractivity contribution in [3.05, 3.63) is 33.8 Å². The molecule has 0 unspecified atom stereocenters. The first-order valence-electron chi connectivity index (χ1n) is 6.39. The smallest absolute Gasteiger partial charge is 0.388 e. The Morgan fingerprint density at radius 1 is 1.39 bits per heavy atom. The summed E-state index contributed by atoms with van der Waals surface area (Å²) in [6.07, 6.45) is 0. The first-order chi connectivity index (χ1) is 10.8. The zero-order valence-corrected chi connectivity index (χ0v) is 13.7. The molecule has 2 aromatic rings. The fourth-order valence-electron chi connectivity index (χ4n) is 1.89. The largest absolute Gasteiger partial charge is 0.461 e. The molecule has 1 aromatic heterocycles. The van der Waals surface area contributed by atoms with E-state index in [1.807, 2.05) is 0 Å². The van der Waals surface area contributed by atoms with Crippen molar-refractivity contribution < 1.29 is 23.0 Å². The number of nitrogens with zero attached hydrogens (tertiary/aromatic N) is 2. The molecule has 0 saturated heterocycles. The fourth-order valence-corrected chi connectivity index (χ4v) is 2.38. The summed E-state index contributed by atoms with van der Waals surface area (Å²) in [6.45, 7) is -1.76. The number of esters is 1. The molecule has 0 saturated carbocycles. The van der Waals surface area contributed by atoms with Gasteiger partial charge >= 0.3 is 12.6 Å². The van der Waals surface area contributed by atoms with Crippen molar-refractivity contribution in [2.45, 2.75) is 20.1 Å². The van der Waals surface area contributed by atoms with E-state index < -0.39 is 12.6 Å². The summed E-state index contributed by atoms with van der Waals surface area (Å²) >= 11 is 12.1. The van der Waals surface area contributed by atoms with Crippen LogP contribution in [-0.2, 0) is 23.2 Å². The van der Waals surface area contributed by atoms with Gasteiger partial charge in [-0.05, 0) is 12.1 Å². The Kier molecular flexibility index (Phi) is 5.43. The van der Waals surface area contributed by atoms with E-state index in [0.29, 0.717) is 16.1 Å². The summed E-state index contributed by atoms with van der Waals surface area (Å²) in [4.78, 5) is 10.9. The minimum atomic E-state index is -3.01. The predicted octanol–water partition coefficient (Wildman–Crippen LogP) is 4.06. The van der Waals surface area contributed by atoms with Gasteiger partial charge in [0.15, 0.2) is 0 Å². The first kappa shape index (κ1) is 17.5. The minimum Gasteiger partial charge on any atom is -0.461 e. The molecular formula is C14H12Cl2F2N2O3. The van der Waals surface area contributed by atoms with Crippen LogP contribution in [0.5, 0.6) is 5.88 Å². The van der Waals surface area contributed by atoms with Gasteiger partial charge in [-0.3, -0.25) is 4.79 Å². The highest BCUT2D eigenvalue weighted by Gasteiger charge is 2.20. The minimum absolute atomic E-state index is 0.0210. The number of aryl methyl sites for hydroxylation is 1. The van der Waals surface area contributed by atoms with E-state index in [1.54, 1.807) is 18.2 Å². The van der Waals surface area contributed by atoms with Gasteiger partial charge in [0.1, 0.15) is 17.3 Å². The molecule has 0 bridgehead atoms. The molecular weight excluding hydrogens is 353 g/mol. The second-order valence-electron chi connectivity index (χ2n) is 4.56. The summed E-state index contributed by atoms with van der Waals surface area (Å²) in [5, 5.41) is 4.42. The molecule has 0 spiro atoms. The molecule has 0 atom stereocenters. The van der Waals surface area contributed by atoms with Gasteiger partial charge in [-0.15, -0.1) is 0 Å². The average molecular weight is 365 g/mol. The van der Waals surface area contributed by atoms with E-state index in [0.717, 1.165) is 4.68 Å². The topological polar surface area (TPSA) is 53.3 Å². The molecule has 2 rings (SSSR count). The molecule has 23 heavy (non-hydrogen) atoms. The summed E-state index contributed by atoms with van der Waals surface area (Å²) in [5.74, 6) is -0.692. The van der Waals surface area contributed by atoms with Crippen molar-refractivity contribution in [1.82, 2.24) is 9.78 Å². The maximum absolute atomic E-state index is 12.4. The molecule has 9 heteroatoms. The van der Waals surface area contributed by atoms with Gasteiger partial charge in [-0.25, -0.2) is 4.68 Å². The highest BCUT2D eigenvalue weighted by atomic mass is 35.5. The predicted molar refractivity (Wildman–Crippen MR) is 80.8 cm³/mol. The van der Waals surface area contributed by atoms with Crippen molar-refractivity contribution in [2.24, 2.45) is 7.05 Å². The number of ether oxygens (including phenoxy) is 2. The van der Waals surface area contributed by atoms with Gasteiger partial charge in [-0.2, -0.15) is 13.9 Å². The lowest BCUT2D eigenvalue weighted by atomic mass is 10.1. The first-order valence-corrected chi connectivity index (χ1v) is 7.14. The fraction of sp³-hybridized carbons (Fsp3) is 0.286. The molecule has 0 fully saturated rings. The van der Waals surface area contributed by atoms with Crippen LogP contribution in [0, 0.1) is 0 Å². The van der Waals surface area contributed by atoms with Crippen LogP contribution in [0.3, 0.4) is 0 Å². The Hall–Kier alpha value is -1.86. The van der Waals surface area contributed by atoms with Crippen LogP contribution in [0.1, 0.15) is 12.5 Å². The van der Waals surface area contributed by atoms with Crippen LogP contribution in [0.25, 0.3) is 11.3 Å². The molecule has 1 aromatic carbocycles. The zero-order valence-electron chi connectivity index (χ0n) is 12.1. The van der Waals surface area contributed by atoms with Gasteiger partial charge in [0, 0.05) is 30.1 Å². The van der Waals surface area contributed by atoms with Crippen LogP contribution in [0.2, 0.25) is 10.0 Å². The third kappa shape index (κ3) is 4.11. The second kappa shape index (κ2) is 7.14. The lowest BCUT2D eigenvalue weighted by Gasteiger charge is -2.07. The molecule has 0 amide bonds. The number of aromatic nitrogens is 2. The molecule has 0 aliphatic heterocycles. The molecule has 0 radical (unpaired) electrons. The standard InChI is InChI=1S/C14H12Cl2F2N2O3/c1-7(21)22-6-9-5-8(3-4-10(9)15)12-11(16)13(20(2)19-12)23-14(17)18/h3-5,14H,6H2,1-2H3. The van der Waals surface area contributed by atoms with E-state index in [4.69, 9.17) is 27.9 Å². The van der Waals surface area contributed by atoms with Crippen LogP contribution in [0.4, 0.5) is 8.78 Å². The molecule has 5 nitrogen and oxygen atoms in total. The van der Waals surface area contributed by atoms with Crippen molar-refractivity contribution in [2.75, 3.05) is 0 Å². The zero-order chi connectivity index (χ0) is 17.1. The lowest BCUT2D eigenvalue weighted by Crippen LogP contribution is -2.06. The maximum Gasteiger partial charge on any atom is 0.388 e. The number of hydrogen-bond donors (Lipinski definition) is 0. The van der Waals surface area contributed by atoms with Crippen LogP contribution >= 0.6 is 23.2 Å². The number of carbonyl (C=O) groups excluding carboxylic acids is 1. The van der Waals surface area contributed by atoms with Gasteiger partial charge in [0.2, 0.25) is 5.88 Å². The van der Waals surface area contributed by atoms with E-state index in [9.17, 15) is 13.6 Å². The Balaban J connectivity index is 2.39. The number of hydrogen-bond acceptors (Lipinski definition) is 4. The number of benzene rings is 1. The summed E-state index contributed by atoms with van der Waals surface area (Å²) in [5.41, 5.74) is 1.32. The van der Waals surface area contributed by atoms with E-state index >= 15 is 0 Å². The van der Waals surface area contributed by atoms with Crippen LogP contribution < -0.4 is 4.74 Å². The van der Waals surface area contributed by atoms with Gasteiger partial charge < -0.3 is 9.47 Å².